The molecule has 1 heterocycles. The van der Waals surface area contributed by atoms with Crippen LogP contribution in [0.3, 0.4) is 0 Å². The van der Waals surface area contributed by atoms with Crippen LogP contribution in [0.5, 0.6) is 0 Å². The third-order valence-electron chi connectivity index (χ3n) is 5.90. The number of aromatic carboxylic acids is 1. The van der Waals surface area contributed by atoms with E-state index in [4.69, 9.17) is 5.73 Å². The lowest BCUT2D eigenvalue weighted by Gasteiger charge is -2.40. The summed E-state index contributed by atoms with van der Waals surface area (Å²) in [5, 5.41) is 9.36. The summed E-state index contributed by atoms with van der Waals surface area (Å²) < 4.78 is 1.64. The van der Waals surface area contributed by atoms with Crippen molar-refractivity contribution in [3.8, 4) is 0 Å². The first-order valence-corrected chi connectivity index (χ1v) is 11.5. The van der Waals surface area contributed by atoms with E-state index >= 15 is 0 Å². The number of hydrogen-bond donors (Lipinski definition) is 2. The molecule has 6 heteroatoms. The standard InChI is InChI=1S/C19H22N2O3.C7H15N/c1-4-12-9-13(11-19(2,3)10-12)21-15-8-6-5-7-14(15)20-16(17(21)22)18(23)24;1-2-3-4-5-6-7-8/h4-8,12-13H,1,9-11H2,2-3H3,(H,23,24);5-6H,2-4,7-8H2,1H3/b;6-5-/t12-,13+;/m0./s1. The first kappa shape index (κ1) is 25.5. The maximum atomic E-state index is 12.8. The van der Waals surface area contributed by atoms with E-state index < -0.39 is 17.2 Å². The summed E-state index contributed by atoms with van der Waals surface area (Å²) in [7, 11) is 0. The van der Waals surface area contributed by atoms with Gasteiger partial charge in [-0.3, -0.25) is 4.79 Å². The number of aromatic nitrogens is 2. The fourth-order valence-corrected chi connectivity index (χ4v) is 4.52. The van der Waals surface area contributed by atoms with Gasteiger partial charge >= 0.3 is 5.97 Å². The van der Waals surface area contributed by atoms with Crippen molar-refractivity contribution in [2.45, 2.75) is 65.3 Å². The fraction of sp³-hybridized carbons (Fsp3) is 0.500. The molecule has 1 aliphatic rings. The lowest BCUT2D eigenvalue weighted by molar-refractivity contribution is 0.0687. The number of para-hydroxylation sites is 2. The van der Waals surface area contributed by atoms with Crippen LogP contribution < -0.4 is 11.3 Å². The van der Waals surface area contributed by atoms with Gasteiger partial charge in [0.2, 0.25) is 5.69 Å². The first-order valence-electron chi connectivity index (χ1n) is 11.5. The first-order chi connectivity index (χ1) is 15.2. The molecule has 1 fully saturated rings. The number of hydrogen-bond acceptors (Lipinski definition) is 4. The highest BCUT2D eigenvalue weighted by Crippen LogP contribution is 2.44. The van der Waals surface area contributed by atoms with Crippen LogP contribution >= 0.6 is 0 Å². The molecule has 0 aliphatic heterocycles. The van der Waals surface area contributed by atoms with Crippen LogP contribution in [0.2, 0.25) is 0 Å². The molecule has 0 amide bonds. The molecule has 1 aromatic heterocycles. The van der Waals surface area contributed by atoms with Gasteiger partial charge in [-0.2, -0.15) is 0 Å². The van der Waals surface area contributed by atoms with Crippen molar-refractivity contribution in [3.05, 3.63) is 65.1 Å². The SMILES string of the molecule is C=C[C@H]1C[C@@H](n2c(=O)c(C(=O)O)nc3ccccc32)CC(C)(C)C1.CCCC/C=C\CN. The van der Waals surface area contributed by atoms with Crippen molar-refractivity contribution in [1.82, 2.24) is 9.55 Å². The van der Waals surface area contributed by atoms with Crippen molar-refractivity contribution in [3.63, 3.8) is 0 Å². The van der Waals surface area contributed by atoms with Crippen LogP contribution in [0.15, 0.2) is 53.9 Å². The van der Waals surface area contributed by atoms with E-state index in [1.54, 1.807) is 16.7 Å². The van der Waals surface area contributed by atoms with Crippen LogP contribution in [-0.4, -0.2) is 27.2 Å². The number of nitrogens with two attached hydrogens (primary N) is 1. The summed E-state index contributed by atoms with van der Waals surface area (Å²) in [4.78, 5) is 28.3. The molecular formula is C26H37N3O3. The molecule has 3 rings (SSSR count). The minimum atomic E-state index is -1.28. The second-order valence-corrected chi connectivity index (χ2v) is 9.24. The van der Waals surface area contributed by atoms with Crippen LogP contribution in [0, 0.1) is 11.3 Å². The summed E-state index contributed by atoms with van der Waals surface area (Å²) in [5.74, 6) is -0.972. The van der Waals surface area contributed by atoms with Gasteiger partial charge in [-0.15, -0.1) is 6.58 Å². The number of carbonyl (C=O) groups is 1. The predicted octanol–water partition coefficient (Wildman–Crippen LogP) is 5.34. The van der Waals surface area contributed by atoms with E-state index in [1.807, 2.05) is 24.3 Å². The van der Waals surface area contributed by atoms with Crippen LogP contribution in [-0.2, 0) is 0 Å². The molecule has 0 spiro atoms. The Kier molecular flexibility index (Phi) is 9.39. The molecule has 32 heavy (non-hydrogen) atoms. The Hall–Kier alpha value is -2.73. The number of benzene rings is 1. The highest BCUT2D eigenvalue weighted by Gasteiger charge is 2.35. The number of fused-ring (bicyclic) bond motifs is 1. The lowest BCUT2D eigenvalue weighted by Crippen LogP contribution is -2.37. The highest BCUT2D eigenvalue weighted by molar-refractivity contribution is 5.88. The Bertz CT molecular complexity index is 1010. The summed E-state index contributed by atoms with van der Waals surface area (Å²) in [5.41, 5.74) is 5.58. The van der Waals surface area contributed by atoms with Gasteiger partial charge in [0.25, 0.3) is 5.56 Å². The zero-order chi connectivity index (χ0) is 23.7. The van der Waals surface area contributed by atoms with E-state index in [2.05, 4.69) is 38.4 Å². The normalized spacial score (nSPS) is 20.0. The van der Waals surface area contributed by atoms with Gasteiger partial charge in [0.15, 0.2) is 0 Å². The summed E-state index contributed by atoms with van der Waals surface area (Å²) >= 11 is 0. The molecule has 6 nitrogen and oxygen atoms in total. The zero-order valence-electron chi connectivity index (χ0n) is 19.6. The minimum Gasteiger partial charge on any atom is -0.476 e. The second-order valence-electron chi connectivity index (χ2n) is 9.24. The Morgan fingerprint density at radius 3 is 2.66 bits per heavy atom. The third kappa shape index (κ3) is 6.63. The molecule has 2 atom stereocenters. The van der Waals surface area contributed by atoms with Crippen molar-refractivity contribution < 1.29 is 9.90 Å². The van der Waals surface area contributed by atoms with Gasteiger partial charge in [-0.25, -0.2) is 9.78 Å². The van der Waals surface area contributed by atoms with E-state index in [0.29, 0.717) is 23.5 Å². The van der Waals surface area contributed by atoms with Crippen molar-refractivity contribution in [2.75, 3.05) is 6.54 Å². The number of carboxylic acid groups (broad SMARTS) is 1. The van der Waals surface area contributed by atoms with Gasteiger partial charge in [0.1, 0.15) is 0 Å². The van der Waals surface area contributed by atoms with Gasteiger partial charge < -0.3 is 15.4 Å². The molecular weight excluding hydrogens is 402 g/mol. The van der Waals surface area contributed by atoms with Crippen LogP contribution in [0.1, 0.15) is 75.8 Å². The number of allylic oxidation sites excluding steroid dienone is 2. The molecule has 1 aliphatic carbocycles. The molecule has 0 bridgehead atoms. The average Bonchev–Trinajstić information content (AvgIpc) is 2.75. The average molecular weight is 440 g/mol. The summed E-state index contributed by atoms with van der Waals surface area (Å²) in [6.45, 7) is 11.2. The van der Waals surface area contributed by atoms with Crippen molar-refractivity contribution in [2.24, 2.45) is 17.1 Å². The number of unbranched alkanes of at least 4 members (excludes halogenated alkanes) is 2. The maximum Gasteiger partial charge on any atom is 0.360 e. The van der Waals surface area contributed by atoms with E-state index in [9.17, 15) is 14.7 Å². The molecule has 0 saturated heterocycles. The summed E-state index contributed by atoms with van der Waals surface area (Å²) in [6.07, 6.45) is 12.5. The second kappa shape index (κ2) is 11.8. The lowest BCUT2D eigenvalue weighted by atomic mass is 9.70. The van der Waals surface area contributed by atoms with Crippen LogP contribution in [0.25, 0.3) is 11.0 Å². The van der Waals surface area contributed by atoms with E-state index in [-0.39, 0.29) is 11.5 Å². The van der Waals surface area contributed by atoms with Gasteiger partial charge in [-0.1, -0.05) is 64.0 Å². The third-order valence-corrected chi connectivity index (χ3v) is 5.90. The van der Waals surface area contributed by atoms with Gasteiger partial charge in [-0.05, 0) is 49.1 Å². The molecule has 2 aromatic rings. The fourth-order valence-electron chi connectivity index (χ4n) is 4.52. The predicted molar refractivity (Wildman–Crippen MR) is 131 cm³/mol. The van der Waals surface area contributed by atoms with Crippen molar-refractivity contribution in [1.29, 1.82) is 0 Å². The molecule has 0 unspecified atom stereocenters. The largest absolute Gasteiger partial charge is 0.476 e. The zero-order valence-corrected chi connectivity index (χ0v) is 19.6. The Labute approximate surface area is 190 Å². The van der Waals surface area contributed by atoms with Gasteiger partial charge in [0.05, 0.1) is 11.0 Å². The number of carboxylic acids is 1. The van der Waals surface area contributed by atoms with E-state index in [1.165, 1.54) is 19.3 Å². The highest BCUT2D eigenvalue weighted by atomic mass is 16.4. The van der Waals surface area contributed by atoms with Crippen LogP contribution in [0.4, 0.5) is 0 Å². The molecule has 1 saturated carbocycles. The molecule has 0 radical (unpaired) electrons. The number of nitrogens with zero attached hydrogens (tertiary/aromatic N) is 2. The van der Waals surface area contributed by atoms with Gasteiger partial charge in [0, 0.05) is 12.6 Å². The Balaban J connectivity index is 0.000000390. The minimum absolute atomic E-state index is 0.0600. The molecule has 1 aromatic carbocycles. The Morgan fingerprint density at radius 1 is 1.31 bits per heavy atom. The van der Waals surface area contributed by atoms with E-state index in [0.717, 1.165) is 19.3 Å². The van der Waals surface area contributed by atoms with Crippen molar-refractivity contribution >= 4 is 17.0 Å². The Morgan fingerprint density at radius 2 is 2.03 bits per heavy atom. The topological polar surface area (TPSA) is 98.2 Å². The summed E-state index contributed by atoms with van der Waals surface area (Å²) in [6, 6.07) is 7.17. The quantitative estimate of drug-likeness (QED) is 0.448. The smallest absolute Gasteiger partial charge is 0.360 e. The maximum absolute atomic E-state index is 12.8. The molecule has 3 N–H and O–H groups in total. The molecule has 174 valence electrons. The monoisotopic (exact) mass is 439 g/mol. The number of rotatable bonds is 7.